The molecule has 1 atom stereocenters. The van der Waals surface area contributed by atoms with Gasteiger partial charge in [-0.15, -0.1) is 0 Å². The molecule has 1 aliphatic rings. The van der Waals surface area contributed by atoms with E-state index < -0.39 is 0 Å². The van der Waals surface area contributed by atoms with Crippen molar-refractivity contribution in [3.8, 4) is 5.75 Å². The molecule has 1 aliphatic heterocycles. The smallest absolute Gasteiger partial charge is 0.144 e. The average molecular weight is 166 g/mol. The van der Waals surface area contributed by atoms with Crippen molar-refractivity contribution in [1.29, 1.82) is 0 Å². The summed E-state index contributed by atoms with van der Waals surface area (Å²) in [5.41, 5.74) is 1.13. The van der Waals surface area contributed by atoms with Crippen LogP contribution >= 0.6 is 0 Å². The molecule has 0 N–H and O–H groups in total. The Morgan fingerprint density at radius 3 is 2.42 bits per heavy atom. The molecule has 1 heterocycles. The van der Waals surface area contributed by atoms with E-state index in [0.717, 1.165) is 11.3 Å². The first-order valence-electron chi connectivity index (χ1n) is 3.82. The minimum absolute atomic E-state index is 0.107. The number of ether oxygens (including phenoxy) is 1. The van der Waals surface area contributed by atoms with Crippen molar-refractivity contribution in [2.75, 3.05) is 13.7 Å². The van der Waals surface area contributed by atoms with Crippen LogP contribution < -0.4 is 4.74 Å². The molecule has 1 aromatic carbocycles. The fourth-order valence-corrected chi connectivity index (χ4v) is 1.11. The summed E-state index contributed by atoms with van der Waals surface area (Å²) in [6, 6.07) is 7.78. The normalized spacial score (nSPS) is 21.6. The number of methoxy groups -OCH3 is 1. The topological polar surface area (TPSA) is 27.7 Å². The molecule has 1 saturated heterocycles. The molecule has 0 aromatic heterocycles. The third kappa shape index (κ3) is 1.29. The molecule has 0 aliphatic carbocycles. The summed E-state index contributed by atoms with van der Waals surface area (Å²) in [7, 11) is 1.65. The van der Waals surface area contributed by atoms with Gasteiger partial charge in [-0.2, -0.15) is 0 Å². The van der Waals surface area contributed by atoms with Gasteiger partial charge in [-0.1, -0.05) is 12.1 Å². The van der Waals surface area contributed by atoms with E-state index in [1.54, 1.807) is 7.11 Å². The van der Waals surface area contributed by atoms with Gasteiger partial charge in [0.25, 0.3) is 0 Å². The second-order valence-electron chi connectivity index (χ2n) is 2.64. The fourth-order valence-electron chi connectivity index (χ4n) is 1.11. The molecule has 1 aromatic rings. The van der Waals surface area contributed by atoms with Crippen LogP contribution in [0.4, 0.5) is 0 Å². The predicted octanol–water partition coefficient (Wildman–Crippen LogP) is 1.70. The van der Waals surface area contributed by atoms with E-state index in [-0.39, 0.29) is 6.10 Å². The molecular weight excluding hydrogens is 156 g/mol. The highest BCUT2D eigenvalue weighted by Crippen LogP contribution is 2.26. The van der Waals surface area contributed by atoms with Gasteiger partial charge in [-0.3, -0.25) is 0 Å². The van der Waals surface area contributed by atoms with E-state index in [2.05, 4.69) is 4.89 Å². The van der Waals surface area contributed by atoms with E-state index in [9.17, 15) is 0 Å². The molecule has 0 saturated carbocycles. The molecule has 0 spiro atoms. The summed E-state index contributed by atoms with van der Waals surface area (Å²) in [6.45, 7) is 0.645. The second-order valence-corrected chi connectivity index (χ2v) is 2.64. The Bertz CT molecular complexity index is 251. The van der Waals surface area contributed by atoms with E-state index in [4.69, 9.17) is 9.62 Å². The van der Waals surface area contributed by atoms with Crippen LogP contribution in [0, 0.1) is 0 Å². The van der Waals surface area contributed by atoms with Gasteiger partial charge in [-0.25, -0.2) is 9.78 Å². The van der Waals surface area contributed by atoms with Crippen LogP contribution in [0.1, 0.15) is 11.7 Å². The zero-order valence-electron chi connectivity index (χ0n) is 6.82. The molecule has 3 nitrogen and oxygen atoms in total. The molecule has 1 unspecified atom stereocenters. The Hall–Kier alpha value is -1.06. The number of hydrogen-bond donors (Lipinski definition) is 0. The van der Waals surface area contributed by atoms with Crippen molar-refractivity contribution in [3.63, 3.8) is 0 Å². The largest absolute Gasteiger partial charge is 0.497 e. The van der Waals surface area contributed by atoms with Gasteiger partial charge in [0.2, 0.25) is 0 Å². The summed E-state index contributed by atoms with van der Waals surface area (Å²) in [4.78, 5) is 9.46. The van der Waals surface area contributed by atoms with Crippen molar-refractivity contribution in [3.05, 3.63) is 29.8 Å². The summed E-state index contributed by atoms with van der Waals surface area (Å²) >= 11 is 0. The minimum Gasteiger partial charge on any atom is -0.497 e. The Balaban J connectivity index is 2.13. The molecule has 2 rings (SSSR count). The standard InChI is InChI=1S/C9H10O3/c1-10-8-4-2-7(3-5-8)9-6-11-12-9/h2-5,9H,6H2,1H3. The van der Waals surface area contributed by atoms with Gasteiger partial charge in [0.15, 0.2) is 0 Å². The van der Waals surface area contributed by atoms with E-state index >= 15 is 0 Å². The van der Waals surface area contributed by atoms with Crippen LogP contribution in [0.15, 0.2) is 24.3 Å². The Morgan fingerprint density at radius 1 is 1.33 bits per heavy atom. The lowest BCUT2D eigenvalue weighted by Gasteiger charge is -2.24. The van der Waals surface area contributed by atoms with Gasteiger partial charge in [0, 0.05) is 0 Å². The Kier molecular flexibility index (Phi) is 1.98. The SMILES string of the molecule is COc1ccc(C2COO2)cc1. The maximum atomic E-state index is 5.03. The quantitative estimate of drug-likeness (QED) is 0.626. The molecule has 3 heteroatoms. The Labute approximate surface area is 70.8 Å². The van der Waals surface area contributed by atoms with Gasteiger partial charge >= 0.3 is 0 Å². The molecular formula is C9H10O3. The minimum atomic E-state index is 0.107. The van der Waals surface area contributed by atoms with Crippen molar-refractivity contribution in [2.24, 2.45) is 0 Å². The zero-order valence-corrected chi connectivity index (χ0v) is 6.82. The highest BCUT2D eigenvalue weighted by atomic mass is 17.2. The summed E-state index contributed by atoms with van der Waals surface area (Å²) in [6.07, 6.45) is 0.107. The monoisotopic (exact) mass is 166 g/mol. The molecule has 0 radical (unpaired) electrons. The number of hydrogen-bond acceptors (Lipinski definition) is 3. The molecule has 1 fully saturated rings. The summed E-state index contributed by atoms with van der Waals surface area (Å²) in [5, 5.41) is 0. The predicted molar refractivity (Wildman–Crippen MR) is 42.8 cm³/mol. The van der Waals surface area contributed by atoms with E-state index in [1.165, 1.54) is 0 Å². The highest BCUT2D eigenvalue weighted by Gasteiger charge is 2.22. The van der Waals surface area contributed by atoms with Crippen molar-refractivity contribution >= 4 is 0 Å². The molecule has 12 heavy (non-hydrogen) atoms. The van der Waals surface area contributed by atoms with Crippen LogP contribution in [-0.2, 0) is 9.78 Å². The van der Waals surface area contributed by atoms with Crippen LogP contribution in [0.2, 0.25) is 0 Å². The maximum Gasteiger partial charge on any atom is 0.144 e. The fraction of sp³-hybridized carbons (Fsp3) is 0.333. The van der Waals surface area contributed by atoms with Crippen LogP contribution in [0.25, 0.3) is 0 Å². The van der Waals surface area contributed by atoms with Crippen LogP contribution in [0.5, 0.6) is 5.75 Å². The van der Waals surface area contributed by atoms with Crippen LogP contribution in [-0.4, -0.2) is 13.7 Å². The van der Waals surface area contributed by atoms with Gasteiger partial charge in [0.1, 0.15) is 18.5 Å². The molecule has 0 amide bonds. The number of benzene rings is 1. The molecule has 64 valence electrons. The molecule has 0 bridgehead atoms. The third-order valence-corrected chi connectivity index (χ3v) is 1.89. The maximum absolute atomic E-state index is 5.03. The van der Waals surface area contributed by atoms with Gasteiger partial charge in [0.05, 0.1) is 7.11 Å². The number of rotatable bonds is 2. The van der Waals surface area contributed by atoms with Crippen molar-refractivity contribution in [2.45, 2.75) is 6.10 Å². The lowest BCUT2D eigenvalue weighted by atomic mass is 10.1. The lowest BCUT2D eigenvalue weighted by molar-refractivity contribution is -0.429. The summed E-state index contributed by atoms with van der Waals surface area (Å²) < 4.78 is 5.03. The van der Waals surface area contributed by atoms with E-state index in [0.29, 0.717) is 6.61 Å². The second kappa shape index (κ2) is 3.13. The summed E-state index contributed by atoms with van der Waals surface area (Å²) in [5.74, 6) is 0.860. The average Bonchev–Trinajstić information content (AvgIpc) is 2.03. The first-order valence-corrected chi connectivity index (χ1v) is 3.82. The van der Waals surface area contributed by atoms with Gasteiger partial charge < -0.3 is 4.74 Å². The Morgan fingerprint density at radius 2 is 2.00 bits per heavy atom. The van der Waals surface area contributed by atoms with Crippen molar-refractivity contribution < 1.29 is 14.5 Å². The first-order chi connectivity index (χ1) is 5.90. The van der Waals surface area contributed by atoms with Gasteiger partial charge in [-0.05, 0) is 17.7 Å². The third-order valence-electron chi connectivity index (χ3n) is 1.89. The lowest BCUT2D eigenvalue weighted by Crippen LogP contribution is -2.22. The van der Waals surface area contributed by atoms with Crippen molar-refractivity contribution in [1.82, 2.24) is 0 Å². The van der Waals surface area contributed by atoms with Crippen LogP contribution in [0.3, 0.4) is 0 Å². The zero-order chi connectivity index (χ0) is 8.39. The first kappa shape index (κ1) is 7.58. The van der Waals surface area contributed by atoms with E-state index in [1.807, 2.05) is 24.3 Å². The highest BCUT2D eigenvalue weighted by molar-refractivity contribution is 5.28.